The van der Waals surface area contributed by atoms with E-state index in [1.807, 2.05) is 12.4 Å². The molecule has 0 aliphatic carbocycles. The highest BCUT2D eigenvalue weighted by molar-refractivity contribution is 5.15. The summed E-state index contributed by atoms with van der Waals surface area (Å²) in [5, 5.41) is 0. The van der Waals surface area contributed by atoms with E-state index in [1.165, 1.54) is 57.2 Å². The van der Waals surface area contributed by atoms with Crippen LogP contribution in [0.3, 0.4) is 0 Å². The van der Waals surface area contributed by atoms with Crippen molar-refractivity contribution in [2.24, 2.45) is 5.92 Å². The summed E-state index contributed by atoms with van der Waals surface area (Å²) in [5.74, 6) is 0.807. The lowest BCUT2D eigenvalue weighted by atomic mass is 9.92. The van der Waals surface area contributed by atoms with Crippen molar-refractivity contribution in [3.05, 3.63) is 30.1 Å². The molecule has 0 N–H and O–H groups in total. The van der Waals surface area contributed by atoms with Gasteiger partial charge in [-0.05, 0) is 62.3 Å². The molecule has 0 aromatic carbocycles. The largest absolute Gasteiger partial charge is 0.378 e. The Morgan fingerprint density at radius 3 is 2.86 bits per heavy atom. The Kier molecular flexibility index (Phi) is 5.85. The number of hydrogen-bond donors (Lipinski definition) is 0. The smallest absolute Gasteiger partial charge is 0.0575 e. The number of rotatable bonds is 4. The fourth-order valence-corrected chi connectivity index (χ4v) is 4.09. The third-order valence-electron chi connectivity index (χ3n) is 5.38. The molecule has 2 aliphatic rings. The second-order valence-corrected chi connectivity index (χ2v) is 6.93. The van der Waals surface area contributed by atoms with Gasteiger partial charge in [0.2, 0.25) is 0 Å². The number of pyridine rings is 1. The lowest BCUT2D eigenvalue weighted by molar-refractivity contribution is -0.0207. The third-order valence-corrected chi connectivity index (χ3v) is 5.38. The van der Waals surface area contributed by atoms with Gasteiger partial charge in [0.05, 0.1) is 6.10 Å². The normalized spacial score (nSPS) is 30.9. The first-order valence-corrected chi connectivity index (χ1v) is 9.12. The van der Waals surface area contributed by atoms with Crippen LogP contribution in [0.5, 0.6) is 0 Å². The average molecular weight is 302 g/mol. The summed E-state index contributed by atoms with van der Waals surface area (Å²) in [6, 6.07) is 5.01. The van der Waals surface area contributed by atoms with Crippen LogP contribution >= 0.6 is 0 Å². The van der Waals surface area contributed by atoms with Gasteiger partial charge in [-0.1, -0.05) is 19.8 Å². The van der Waals surface area contributed by atoms with Crippen molar-refractivity contribution in [2.45, 2.75) is 64.0 Å². The van der Waals surface area contributed by atoms with E-state index in [0.717, 1.165) is 18.9 Å². The zero-order valence-electron chi connectivity index (χ0n) is 13.9. The monoisotopic (exact) mass is 302 g/mol. The highest BCUT2D eigenvalue weighted by atomic mass is 16.5. The molecule has 0 bridgehead atoms. The fraction of sp³-hybridized carbons (Fsp3) is 0.737. The Balaban J connectivity index is 1.68. The molecule has 0 spiro atoms. The lowest BCUT2D eigenvalue weighted by Crippen LogP contribution is -2.37. The summed E-state index contributed by atoms with van der Waals surface area (Å²) >= 11 is 0. The topological polar surface area (TPSA) is 25.4 Å². The molecule has 2 saturated heterocycles. The predicted molar refractivity (Wildman–Crippen MR) is 89.8 cm³/mol. The van der Waals surface area contributed by atoms with Crippen molar-refractivity contribution in [3.63, 3.8) is 0 Å². The third kappa shape index (κ3) is 4.08. The molecule has 122 valence electrons. The van der Waals surface area contributed by atoms with Crippen LogP contribution in [0.1, 0.15) is 63.5 Å². The Labute approximate surface area is 135 Å². The molecule has 1 aromatic heterocycles. The molecule has 22 heavy (non-hydrogen) atoms. The van der Waals surface area contributed by atoms with Gasteiger partial charge >= 0.3 is 0 Å². The molecule has 3 atom stereocenters. The Morgan fingerprint density at radius 1 is 1.18 bits per heavy atom. The molecular weight excluding hydrogens is 272 g/mol. The van der Waals surface area contributed by atoms with E-state index in [9.17, 15) is 0 Å². The highest BCUT2D eigenvalue weighted by Gasteiger charge is 2.28. The van der Waals surface area contributed by atoms with Crippen molar-refractivity contribution >= 4 is 0 Å². The quantitative estimate of drug-likeness (QED) is 0.833. The van der Waals surface area contributed by atoms with Crippen LogP contribution in [0.15, 0.2) is 24.5 Å². The molecule has 3 nitrogen and oxygen atoms in total. The van der Waals surface area contributed by atoms with Crippen LogP contribution in [0.4, 0.5) is 0 Å². The zero-order valence-corrected chi connectivity index (χ0v) is 13.9. The molecule has 0 amide bonds. The standard InChI is InChI=1S/C19H30N2O/c1-2-18-14-16(9-13-22-18)15-21-12-5-3-4-6-19(21)17-7-10-20-11-8-17/h7-8,10-11,16,18-19H,2-6,9,12-15H2,1H3/t16-,18+,19+/m0/s1. The Morgan fingerprint density at radius 2 is 2.05 bits per heavy atom. The van der Waals surface area contributed by atoms with E-state index >= 15 is 0 Å². The maximum absolute atomic E-state index is 5.86. The van der Waals surface area contributed by atoms with Crippen LogP contribution in [-0.2, 0) is 4.74 Å². The van der Waals surface area contributed by atoms with Crippen molar-refractivity contribution in [1.82, 2.24) is 9.88 Å². The molecule has 0 radical (unpaired) electrons. The van der Waals surface area contributed by atoms with E-state index in [2.05, 4.69) is 28.9 Å². The van der Waals surface area contributed by atoms with E-state index < -0.39 is 0 Å². The van der Waals surface area contributed by atoms with Gasteiger partial charge in [-0.3, -0.25) is 9.88 Å². The van der Waals surface area contributed by atoms with E-state index in [1.54, 1.807) is 0 Å². The predicted octanol–water partition coefficient (Wildman–Crippen LogP) is 4.20. The second kappa shape index (κ2) is 8.07. The highest BCUT2D eigenvalue weighted by Crippen LogP contribution is 2.32. The lowest BCUT2D eigenvalue weighted by Gasteiger charge is -2.36. The Hall–Kier alpha value is -0.930. The van der Waals surface area contributed by atoms with Crippen LogP contribution in [0.25, 0.3) is 0 Å². The second-order valence-electron chi connectivity index (χ2n) is 6.93. The van der Waals surface area contributed by atoms with E-state index in [4.69, 9.17) is 4.74 Å². The van der Waals surface area contributed by atoms with E-state index in [-0.39, 0.29) is 0 Å². The molecule has 3 rings (SSSR count). The average Bonchev–Trinajstić information content (AvgIpc) is 2.81. The number of ether oxygens (including phenoxy) is 1. The van der Waals surface area contributed by atoms with Gasteiger partial charge < -0.3 is 4.74 Å². The molecular formula is C19H30N2O. The first-order valence-electron chi connectivity index (χ1n) is 9.12. The Bertz CT molecular complexity index is 436. The summed E-state index contributed by atoms with van der Waals surface area (Å²) < 4.78 is 5.86. The first-order chi connectivity index (χ1) is 10.9. The molecule has 3 heterocycles. The van der Waals surface area contributed by atoms with Crippen molar-refractivity contribution in [1.29, 1.82) is 0 Å². The summed E-state index contributed by atoms with van der Waals surface area (Å²) in [6.45, 7) is 5.70. The summed E-state index contributed by atoms with van der Waals surface area (Å²) in [6.07, 6.45) is 13.4. The van der Waals surface area contributed by atoms with E-state index in [0.29, 0.717) is 12.1 Å². The minimum atomic E-state index is 0.491. The maximum Gasteiger partial charge on any atom is 0.0575 e. The molecule has 0 saturated carbocycles. The van der Waals surface area contributed by atoms with Crippen LogP contribution < -0.4 is 0 Å². The van der Waals surface area contributed by atoms with Gasteiger partial charge in [-0.25, -0.2) is 0 Å². The van der Waals surface area contributed by atoms with Gasteiger partial charge in [-0.2, -0.15) is 0 Å². The fourth-order valence-electron chi connectivity index (χ4n) is 4.09. The van der Waals surface area contributed by atoms with Gasteiger partial charge in [0.1, 0.15) is 0 Å². The van der Waals surface area contributed by atoms with Gasteiger partial charge in [0.15, 0.2) is 0 Å². The molecule has 2 aliphatic heterocycles. The summed E-state index contributed by atoms with van der Waals surface area (Å²) in [5.41, 5.74) is 1.45. The summed E-state index contributed by atoms with van der Waals surface area (Å²) in [7, 11) is 0. The van der Waals surface area contributed by atoms with Gasteiger partial charge in [-0.15, -0.1) is 0 Å². The number of hydrogen-bond acceptors (Lipinski definition) is 3. The van der Waals surface area contributed by atoms with Crippen molar-refractivity contribution in [3.8, 4) is 0 Å². The number of likely N-dealkylation sites (tertiary alicyclic amines) is 1. The molecule has 3 heteroatoms. The number of nitrogens with zero attached hydrogens (tertiary/aromatic N) is 2. The number of aromatic nitrogens is 1. The SMILES string of the molecule is CC[C@@H]1C[C@@H](CN2CCCCC[C@@H]2c2ccncc2)CCO1. The molecule has 0 unspecified atom stereocenters. The minimum Gasteiger partial charge on any atom is -0.378 e. The van der Waals surface area contributed by atoms with Gasteiger partial charge in [0, 0.05) is 31.6 Å². The van der Waals surface area contributed by atoms with Crippen LogP contribution in [0, 0.1) is 5.92 Å². The first kappa shape index (κ1) is 15.9. The molecule has 1 aromatic rings. The maximum atomic E-state index is 5.86. The minimum absolute atomic E-state index is 0.491. The van der Waals surface area contributed by atoms with Gasteiger partial charge in [0.25, 0.3) is 0 Å². The molecule has 2 fully saturated rings. The summed E-state index contributed by atoms with van der Waals surface area (Å²) in [4.78, 5) is 6.95. The van der Waals surface area contributed by atoms with Crippen molar-refractivity contribution in [2.75, 3.05) is 19.7 Å². The van der Waals surface area contributed by atoms with Crippen molar-refractivity contribution < 1.29 is 4.74 Å². The zero-order chi connectivity index (χ0) is 15.2. The van der Waals surface area contributed by atoms with Crippen LogP contribution in [-0.4, -0.2) is 35.7 Å². The van der Waals surface area contributed by atoms with Crippen LogP contribution in [0.2, 0.25) is 0 Å².